The van der Waals surface area contributed by atoms with Crippen molar-refractivity contribution in [3.63, 3.8) is 0 Å². The van der Waals surface area contributed by atoms with Crippen molar-refractivity contribution in [1.29, 1.82) is 0 Å². The molecule has 0 aromatic heterocycles. The summed E-state index contributed by atoms with van der Waals surface area (Å²) in [6.07, 6.45) is 0.231. The normalized spacial score (nSPS) is 30.1. The Kier molecular flexibility index (Phi) is 3.87. The minimum absolute atomic E-state index is 0.175. The van der Waals surface area contributed by atoms with Gasteiger partial charge in [0.1, 0.15) is 11.7 Å². The number of hydrogen-bond acceptors (Lipinski definition) is 4. The lowest BCUT2D eigenvalue weighted by molar-refractivity contribution is -0.171. The highest BCUT2D eigenvalue weighted by Crippen LogP contribution is 2.36. The van der Waals surface area contributed by atoms with Crippen LogP contribution in [0.25, 0.3) is 0 Å². The molecule has 4 nitrogen and oxygen atoms in total. The second kappa shape index (κ2) is 4.50. The molecule has 0 amide bonds. The number of rotatable bonds is 2. The van der Waals surface area contributed by atoms with Gasteiger partial charge in [-0.05, 0) is 27.7 Å². The third-order valence-electron chi connectivity index (χ3n) is 2.38. The standard InChI is InChI=1S/C11H17IO4/c1-10(2,3)16-9(14)11(4)5-7(6-12)15-8(11)13/h7H,5-6H2,1-4H3/t7-,11+/m1/s1. The molecule has 0 aromatic rings. The van der Waals surface area contributed by atoms with E-state index in [1.54, 1.807) is 27.7 Å². The lowest BCUT2D eigenvalue weighted by Crippen LogP contribution is -2.38. The zero-order valence-electron chi connectivity index (χ0n) is 10.0. The fraction of sp³-hybridized carbons (Fsp3) is 0.818. The average molecular weight is 340 g/mol. The van der Waals surface area contributed by atoms with Gasteiger partial charge in [-0.3, -0.25) is 9.59 Å². The highest BCUT2D eigenvalue weighted by atomic mass is 127. The molecule has 0 N–H and O–H groups in total. The van der Waals surface area contributed by atoms with Gasteiger partial charge in [0.25, 0.3) is 0 Å². The Hall–Kier alpha value is -0.330. The molecule has 1 heterocycles. The lowest BCUT2D eigenvalue weighted by atomic mass is 9.87. The minimum Gasteiger partial charge on any atom is -0.461 e. The topological polar surface area (TPSA) is 52.6 Å². The van der Waals surface area contributed by atoms with Crippen LogP contribution in [0.4, 0.5) is 0 Å². The Morgan fingerprint density at radius 2 is 2.19 bits per heavy atom. The van der Waals surface area contributed by atoms with Gasteiger partial charge in [0, 0.05) is 10.8 Å². The number of hydrogen-bond donors (Lipinski definition) is 0. The maximum absolute atomic E-state index is 11.9. The van der Waals surface area contributed by atoms with Crippen LogP contribution in [0.2, 0.25) is 0 Å². The molecule has 1 aliphatic rings. The molecule has 0 aliphatic carbocycles. The molecule has 16 heavy (non-hydrogen) atoms. The minimum atomic E-state index is -1.14. The summed E-state index contributed by atoms with van der Waals surface area (Å²) >= 11 is 2.14. The zero-order valence-corrected chi connectivity index (χ0v) is 12.2. The van der Waals surface area contributed by atoms with Crippen LogP contribution in [0.1, 0.15) is 34.1 Å². The predicted molar refractivity (Wildman–Crippen MR) is 67.3 cm³/mol. The number of halogens is 1. The highest BCUT2D eigenvalue weighted by molar-refractivity contribution is 14.1. The first-order valence-corrected chi connectivity index (χ1v) is 6.72. The fourth-order valence-electron chi connectivity index (χ4n) is 1.51. The van der Waals surface area contributed by atoms with Gasteiger partial charge >= 0.3 is 11.9 Å². The monoisotopic (exact) mass is 340 g/mol. The molecule has 0 saturated carbocycles. The number of alkyl halides is 1. The van der Waals surface area contributed by atoms with Crippen molar-refractivity contribution in [2.24, 2.45) is 5.41 Å². The summed E-state index contributed by atoms with van der Waals surface area (Å²) in [5, 5.41) is 0. The van der Waals surface area contributed by atoms with Crippen molar-refractivity contribution in [2.75, 3.05) is 4.43 Å². The summed E-state index contributed by atoms with van der Waals surface area (Å²) in [5.74, 6) is -0.958. The number of ether oxygens (including phenoxy) is 2. The molecule has 0 spiro atoms. The number of carbonyl (C=O) groups excluding carboxylic acids is 2. The summed E-state index contributed by atoms with van der Waals surface area (Å²) in [7, 11) is 0. The van der Waals surface area contributed by atoms with Crippen LogP contribution in [0.3, 0.4) is 0 Å². The molecule has 5 heteroatoms. The van der Waals surface area contributed by atoms with Crippen LogP contribution < -0.4 is 0 Å². The zero-order chi connectivity index (χ0) is 12.6. The van der Waals surface area contributed by atoms with Crippen LogP contribution in [-0.2, 0) is 19.1 Å². The third kappa shape index (κ3) is 2.87. The Labute approximate surface area is 109 Å². The van der Waals surface area contributed by atoms with Crippen LogP contribution in [-0.4, -0.2) is 28.1 Å². The SMILES string of the molecule is CC(C)(C)OC(=O)[C@@]1(C)C[C@H](CI)OC1=O. The third-order valence-corrected chi connectivity index (χ3v) is 3.36. The van der Waals surface area contributed by atoms with Gasteiger partial charge in [-0.15, -0.1) is 0 Å². The Morgan fingerprint density at radius 3 is 2.56 bits per heavy atom. The molecular formula is C11H17IO4. The van der Waals surface area contributed by atoms with Gasteiger partial charge in [0.15, 0.2) is 5.41 Å². The van der Waals surface area contributed by atoms with Crippen molar-refractivity contribution in [3.05, 3.63) is 0 Å². The van der Waals surface area contributed by atoms with E-state index in [-0.39, 0.29) is 6.10 Å². The van der Waals surface area contributed by atoms with Crippen LogP contribution in [0.15, 0.2) is 0 Å². The highest BCUT2D eigenvalue weighted by Gasteiger charge is 2.52. The van der Waals surface area contributed by atoms with E-state index in [9.17, 15) is 9.59 Å². The van der Waals surface area contributed by atoms with E-state index < -0.39 is 23.0 Å². The second-order valence-corrected chi connectivity index (χ2v) is 6.10. The molecule has 1 fully saturated rings. The van der Waals surface area contributed by atoms with Crippen LogP contribution >= 0.6 is 22.6 Å². The van der Waals surface area contributed by atoms with Crippen molar-refractivity contribution in [2.45, 2.75) is 45.8 Å². The summed E-state index contributed by atoms with van der Waals surface area (Å²) in [6, 6.07) is 0. The summed E-state index contributed by atoms with van der Waals surface area (Å²) < 4.78 is 11.1. The molecule has 92 valence electrons. The smallest absolute Gasteiger partial charge is 0.323 e. The van der Waals surface area contributed by atoms with E-state index in [0.717, 1.165) is 0 Å². The largest absolute Gasteiger partial charge is 0.461 e. The first-order chi connectivity index (χ1) is 7.19. The molecule has 2 atom stereocenters. The maximum atomic E-state index is 11.9. The van der Waals surface area contributed by atoms with Gasteiger partial charge in [0.2, 0.25) is 0 Å². The van der Waals surface area contributed by atoms with Gasteiger partial charge in [-0.2, -0.15) is 0 Å². The average Bonchev–Trinajstić information content (AvgIpc) is 2.41. The van der Waals surface area contributed by atoms with E-state index in [4.69, 9.17) is 9.47 Å². The van der Waals surface area contributed by atoms with E-state index in [1.165, 1.54) is 0 Å². The van der Waals surface area contributed by atoms with Crippen LogP contribution in [0, 0.1) is 5.41 Å². The van der Waals surface area contributed by atoms with E-state index >= 15 is 0 Å². The van der Waals surface area contributed by atoms with E-state index in [2.05, 4.69) is 22.6 Å². The summed E-state index contributed by atoms with van der Waals surface area (Å²) in [4.78, 5) is 23.6. The van der Waals surface area contributed by atoms with E-state index in [1.807, 2.05) is 0 Å². The first kappa shape index (κ1) is 13.7. The maximum Gasteiger partial charge on any atom is 0.323 e. The van der Waals surface area contributed by atoms with Crippen molar-refractivity contribution in [1.82, 2.24) is 0 Å². The lowest BCUT2D eigenvalue weighted by Gasteiger charge is -2.25. The Bertz CT molecular complexity index is 308. The first-order valence-electron chi connectivity index (χ1n) is 5.19. The predicted octanol–water partition coefficient (Wildman–Crippen LogP) is 2.08. The van der Waals surface area contributed by atoms with E-state index in [0.29, 0.717) is 10.8 Å². The molecule has 0 aromatic carbocycles. The second-order valence-electron chi connectivity index (χ2n) is 5.22. The van der Waals surface area contributed by atoms with Crippen LogP contribution in [0.5, 0.6) is 0 Å². The number of esters is 2. The Balaban J connectivity index is 2.78. The molecule has 0 unspecified atom stereocenters. The molecular weight excluding hydrogens is 323 g/mol. The molecule has 1 saturated heterocycles. The fourth-order valence-corrected chi connectivity index (χ4v) is 2.00. The number of cyclic esters (lactones) is 1. The van der Waals surface area contributed by atoms with Crippen molar-refractivity contribution >= 4 is 34.5 Å². The van der Waals surface area contributed by atoms with Gasteiger partial charge < -0.3 is 9.47 Å². The molecule has 1 aliphatic heterocycles. The molecule has 1 rings (SSSR count). The Morgan fingerprint density at radius 1 is 1.62 bits per heavy atom. The molecule has 0 bridgehead atoms. The summed E-state index contributed by atoms with van der Waals surface area (Å²) in [5.41, 5.74) is -1.72. The van der Waals surface area contributed by atoms with Gasteiger partial charge in [-0.25, -0.2) is 0 Å². The summed E-state index contributed by atoms with van der Waals surface area (Å²) in [6.45, 7) is 6.94. The van der Waals surface area contributed by atoms with Crippen molar-refractivity contribution < 1.29 is 19.1 Å². The van der Waals surface area contributed by atoms with Gasteiger partial charge in [0.05, 0.1) is 0 Å². The quantitative estimate of drug-likeness (QED) is 0.334. The van der Waals surface area contributed by atoms with Crippen molar-refractivity contribution in [3.8, 4) is 0 Å². The number of carbonyl (C=O) groups is 2. The molecule has 0 radical (unpaired) electrons. The van der Waals surface area contributed by atoms with Gasteiger partial charge in [-0.1, -0.05) is 22.6 Å².